The van der Waals surface area contributed by atoms with Crippen LogP contribution in [0, 0.1) is 5.82 Å². The molecule has 106 valence electrons. The third-order valence-corrected chi connectivity index (χ3v) is 3.76. The maximum absolute atomic E-state index is 12.8. The van der Waals surface area contributed by atoms with Gasteiger partial charge in [0.25, 0.3) is 0 Å². The molecular weight excluding hydrogens is 309 g/mol. The molecular formula is C15H11ClFN3S. The van der Waals surface area contributed by atoms with E-state index in [1.807, 2.05) is 24.3 Å². The zero-order valence-corrected chi connectivity index (χ0v) is 12.5. The fraction of sp³-hybridized carbons (Fsp3) is 0.0667. The van der Waals surface area contributed by atoms with Gasteiger partial charge in [0.1, 0.15) is 11.6 Å². The van der Waals surface area contributed by atoms with Gasteiger partial charge in [-0.1, -0.05) is 23.7 Å². The van der Waals surface area contributed by atoms with Gasteiger partial charge in [0, 0.05) is 28.7 Å². The molecule has 0 saturated carbocycles. The summed E-state index contributed by atoms with van der Waals surface area (Å²) in [5.74, 6) is 0.480. The fourth-order valence-corrected chi connectivity index (χ4v) is 2.55. The second-order valence-corrected chi connectivity index (χ2v) is 5.64. The molecule has 0 radical (unpaired) electrons. The number of hydrogen-bond acceptors (Lipinski definition) is 4. The minimum absolute atomic E-state index is 0.263. The maximum Gasteiger partial charge on any atom is 0.207 e. The van der Waals surface area contributed by atoms with Gasteiger partial charge in [0.2, 0.25) is 5.13 Å². The van der Waals surface area contributed by atoms with Gasteiger partial charge < -0.3 is 5.32 Å². The predicted octanol–water partition coefficient (Wildman–Crippen LogP) is 4.67. The molecule has 1 aromatic heterocycles. The quantitative estimate of drug-likeness (QED) is 0.759. The van der Waals surface area contributed by atoms with E-state index in [9.17, 15) is 4.39 Å². The SMILES string of the molecule is Fc1ccc(Nc2nc(Cc3ccc(Cl)cc3)ns2)cc1. The van der Waals surface area contributed by atoms with Gasteiger partial charge in [-0.2, -0.15) is 4.37 Å². The molecule has 0 bridgehead atoms. The van der Waals surface area contributed by atoms with Crippen LogP contribution in [0.15, 0.2) is 48.5 Å². The molecule has 0 aliphatic carbocycles. The van der Waals surface area contributed by atoms with Gasteiger partial charge >= 0.3 is 0 Å². The molecule has 1 N–H and O–H groups in total. The molecule has 0 saturated heterocycles. The topological polar surface area (TPSA) is 37.8 Å². The highest BCUT2D eigenvalue weighted by molar-refractivity contribution is 7.09. The van der Waals surface area contributed by atoms with E-state index in [0.717, 1.165) is 17.1 Å². The first-order valence-electron chi connectivity index (χ1n) is 6.29. The van der Waals surface area contributed by atoms with Gasteiger partial charge in [-0.3, -0.25) is 0 Å². The average Bonchev–Trinajstić information content (AvgIpc) is 2.91. The van der Waals surface area contributed by atoms with Gasteiger partial charge in [-0.25, -0.2) is 9.37 Å². The lowest BCUT2D eigenvalue weighted by molar-refractivity contribution is 0.628. The highest BCUT2D eigenvalue weighted by atomic mass is 35.5. The molecule has 2 aromatic carbocycles. The fourth-order valence-electron chi connectivity index (χ4n) is 1.82. The van der Waals surface area contributed by atoms with Crippen molar-refractivity contribution in [2.24, 2.45) is 0 Å². The van der Waals surface area contributed by atoms with Gasteiger partial charge in [-0.05, 0) is 42.0 Å². The minimum Gasteiger partial charge on any atom is -0.330 e. The lowest BCUT2D eigenvalue weighted by Gasteiger charge is -2.00. The molecule has 3 nitrogen and oxygen atoms in total. The summed E-state index contributed by atoms with van der Waals surface area (Å²) < 4.78 is 17.1. The first-order valence-corrected chi connectivity index (χ1v) is 7.44. The van der Waals surface area contributed by atoms with E-state index in [1.54, 1.807) is 12.1 Å². The Balaban J connectivity index is 1.68. The summed E-state index contributed by atoms with van der Waals surface area (Å²) in [5, 5.41) is 4.50. The Hall–Kier alpha value is -1.98. The van der Waals surface area contributed by atoms with Crippen molar-refractivity contribution in [3.8, 4) is 0 Å². The highest BCUT2D eigenvalue weighted by Crippen LogP contribution is 2.20. The van der Waals surface area contributed by atoms with Crippen LogP contribution in [0.25, 0.3) is 0 Å². The molecule has 0 amide bonds. The van der Waals surface area contributed by atoms with Crippen LogP contribution in [0.1, 0.15) is 11.4 Å². The third kappa shape index (κ3) is 3.77. The Morgan fingerprint density at radius 1 is 1.05 bits per heavy atom. The molecule has 0 unspecified atom stereocenters. The highest BCUT2D eigenvalue weighted by Gasteiger charge is 2.05. The van der Waals surface area contributed by atoms with Crippen molar-refractivity contribution >= 4 is 34.0 Å². The molecule has 6 heteroatoms. The van der Waals surface area contributed by atoms with E-state index in [4.69, 9.17) is 11.6 Å². The lowest BCUT2D eigenvalue weighted by Crippen LogP contribution is -1.93. The summed E-state index contributed by atoms with van der Waals surface area (Å²) in [4.78, 5) is 4.42. The number of rotatable bonds is 4. The van der Waals surface area contributed by atoms with Crippen molar-refractivity contribution in [3.63, 3.8) is 0 Å². The summed E-state index contributed by atoms with van der Waals surface area (Å²) in [6, 6.07) is 13.7. The van der Waals surface area contributed by atoms with Crippen LogP contribution < -0.4 is 5.32 Å². The predicted molar refractivity (Wildman–Crippen MR) is 83.8 cm³/mol. The summed E-state index contributed by atoms with van der Waals surface area (Å²) in [7, 11) is 0. The lowest BCUT2D eigenvalue weighted by atomic mass is 10.1. The normalized spacial score (nSPS) is 10.6. The smallest absolute Gasteiger partial charge is 0.207 e. The van der Waals surface area contributed by atoms with Crippen molar-refractivity contribution in [1.29, 1.82) is 0 Å². The zero-order chi connectivity index (χ0) is 14.7. The summed E-state index contributed by atoms with van der Waals surface area (Å²) in [5.41, 5.74) is 1.89. The van der Waals surface area contributed by atoms with Crippen molar-refractivity contribution in [2.45, 2.75) is 6.42 Å². The van der Waals surface area contributed by atoms with Crippen LogP contribution in [0.2, 0.25) is 5.02 Å². The monoisotopic (exact) mass is 319 g/mol. The van der Waals surface area contributed by atoms with E-state index < -0.39 is 0 Å². The molecule has 1 heterocycles. The Labute approximate surface area is 130 Å². The molecule has 3 aromatic rings. The van der Waals surface area contributed by atoms with Crippen LogP contribution in [-0.4, -0.2) is 9.36 Å². The van der Waals surface area contributed by atoms with Crippen molar-refractivity contribution < 1.29 is 4.39 Å². The van der Waals surface area contributed by atoms with Crippen LogP contribution in [0.4, 0.5) is 15.2 Å². The van der Waals surface area contributed by atoms with Gasteiger partial charge in [-0.15, -0.1) is 0 Å². The van der Waals surface area contributed by atoms with Crippen LogP contribution in [-0.2, 0) is 6.42 Å². The van der Waals surface area contributed by atoms with Crippen LogP contribution in [0.3, 0.4) is 0 Å². The number of anilines is 2. The molecule has 0 spiro atoms. The Kier molecular flexibility index (Phi) is 4.13. The second kappa shape index (κ2) is 6.20. The zero-order valence-electron chi connectivity index (χ0n) is 10.9. The standard InChI is InChI=1S/C15H11ClFN3S/c16-11-3-1-10(2-4-11)9-14-19-15(21-20-14)18-13-7-5-12(17)6-8-13/h1-8H,9H2,(H,18,19,20). The summed E-state index contributed by atoms with van der Waals surface area (Å²) in [6.45, 7) is 0. The minimum atomic E-state index is -0.263. The first-order chi connectivity index (χ1) is 10.2. The van der Waals surface area contributed by atoms with Crippen molar-refractivity contribution in [1.82, 2.24) is 9.36 Å². The number of benzene rings is 2. The van der Waals surface area contributed by atoms with E-state index in [0.29, 0.717) is 16.6 Å². The number of halogens is 2. The number of nitrogens with one attached hydrogen (secondary N) is 1. The molecule has 0 aliphatic rings. The first kappa shape index (κ1) is 14.0. The Morgan fingerprint density at radius 2 is 1.76 bits per heavy atom. The molecule has 3 rings (SSSR count). The van der Waals surface area contributed by atoms with E-state index >= 15 is 0 Å². The van der Waals surface area contributed by atoms with Crippen LogP contribution in [0.5, 0.6) is 0 Å². The number of aromatic nitrogens is 2. The summed E-state index contributed by atoms with van der Waals surface area (Å²) in [6.07, 6.45) is 0.652. The van der Waals surface area contributed by atoms with Gasteiger partial charge in [0.15, 0.2) is 0 Å². The largest absolute Gasteiger partial charge is 0.330 e. The number of nitrogens with zero attached hydrogens (tertiary/aromatic N) is 2. The molecule has 21 heavy (non-hydrogen) atoms. The molecule has 0 atom stereocenters. The number of hydrogen-bond donors (Lipinski definition) is 1. The van der Waals surface area contributed by atoms with Crippen molar-refractivity contribution in [3.05, 3.63) is 70.8 Å². The van der Waals surface area contributed by atoms with E-state index in [1.165, 1.54) is 23.7 Å². The molecule has 0 fully saturated rings. The Bertz CT molecular complexity index is 663. The van der Waals surface area contributed by atoms with E-state index in [2.05, 4.69) is 14.7 Å². The van der Waals surface area contributed by atoms with Crippen LogP contribution >= 0.6 is 23.1 Å². The Morgan fingerprint density at radius 3 is 2.48 bits per heavy atom. The van der Waals surface area contributed by atoms with E-state index in [-0.39, 0.29) is 5.82 Å². The van der Waals surface area contributed by atoms with Gasteiger partial charge in [0.05, 0.1) is 0 Å². The van der Waals surface area contributed by atoms with Crippen molar-refractivity contribution in [2.75, 3.05) is 5.32 Å². The second-order valence-electron chi connectivity index (χ2n) is 4.45. The average molecular weight is 320 g/mol. The third-order valence-electron chi connectivity index (χ3n) is 2.84. The molecule has 0 aliphatic heterocycles. The maximum atomic E-state index is 12.8. The summed E-state index contributed by atoms with van der Waals surface area (Å²) >= 11 is 7.13.